The predicted molar refractivity (Wildman–Crippen MR) is 115 cm³/mol. The summed E-state index contributed by atoms with van der Waals surface area (Å²) in [5.74, 6) is -1.74. The first-order valence-corrected chi connectivity index (χ1v) is 10.5. The third kappa shape index (κ3) is 4.65. The number of para-hydroxylation sites is 1. The van der Waals surface area contributed by atoms with Crippen LogP contribution in [0.4, 0.5) is 8.78 Å². The fourth-order valence-electron chi connectivity index (χ4n) is 4.06. The molecule has 4 nitrogen and oxygen atoms in total. The van der Waals surface area contributed by atoms with E-state index in [-0.39, 0.29) is 30.8 Å². The molecule has 166 valence electrons. The Labute approximate surface area is 185 Å². The molecular weight excluding hydrogens is 414 g/mol. The van der Waals surface area contributed by atoms with Crippen molar-refractivity contribution in [1.29, 1.82) is 0 Å². The Morgan fingerprint density at radius 1 is 1.00 bits per heavy atom. The molecule has 0 bridgehead atoms. The van der Waals surface area contributed by atoms with E-state index in [0.717, 1.165) is 22.3 Å². The Kier molecular flexibility index (Phi) is 6.51. The van der Waals surface area contributed by atoms with Gasteiger partial charge in [-0.05, 0) is 47.9 Å². The molecule has 0 radical (unpaired) electrons. The second kappa shape index (κ2) is 9.49. The SMILES string of the molecule is Cc1cccc(C(c2ccc(F)cc2)c2ccc(F)cc2)c1OC[C@@H]1C(=O)OCC[C@H]1O. The summed E-state index contributed by atoms with van der Waals surface area (Å²) in [6.45, 7) is 2.06. The van der Waals surface area contributed by atoms with Gasteiger partial charge in [-0.25, -0.2) is 8.78 Å². The molecule has 1 heterocycles. The molecule has 0 amide bonds. The van der Waals surface area contributed by atoms with Crippen molar-refractivity contribution in [2.75, 3.05) is 13.2 Å². The number of cyclic esters (lactones) is 1. The molecule has 3 aromatic carbocycles. The maximum Gasteiger partial charge on any atom is 0.315 e. The smallest absolute Gasteiger partial charge is 0.315 e. The van der Waals surface area contributed by atoms with Crippen LogP contribution in [0.1, 0.15) is 34.6 Å². The van der Waals surface area contributed by atoms with Crippen LogP contribution in [-0.4, -0.2) is 30.4 Å². The van der Waals surface area contributed by atoms with Gasteiger partial charge in [0.05, 0.1) is 12.7 Å². The number of aryl methyl sites for hydroxylation is 1. The monoisotopic (exact) mass is 438 g/mol. The Balaban J connectivity index is 1.74. The topological polar surface area (TPSA) is 55.8 Å². The number of benzene rings is 3. The van der Waals surface area contributed by atoms with Gasteiger partial charge in [0.25, 0.3) is 0 Å². The lowest BCUT2D eigenvalue weighted by Gasteiger charge is -2.28. The van der Waals surface area contributed by atoms with E-state index in [4.69, 9.17) is 9.47 Å². The summed E-state index contributed by atoms with van der Waals surface area (Å²) in [7, 11) is 0. The molecule has 0 saturated carbocycles. The standard InChI is InChI=1S/C26H24F2O4/c1-16-3-2-4-21(25(16)32-15-22-23(29)13-14-31-26(22)30)24(17-5-9-19(27)10-6-17)18-7-11-20(28)12-8-18/h2-12,22-24,29H,13-15H2,1H3/t22-,23+/m0/s1. The Hall–Kier alpha value is -3.25. The summed E-state index contributed by atoms with van der Waals surface area (Å²) in [6.07, 6.45) is -0.456. The van der Waals surface area contributed by atoms with Crippen LogP contribution < -0.4 is 4.74 Å². The van der Waals surface area contributed by atoms with E-state index in [0.29, 0.717) is 12.2 Å². The maximum atomic E-state index is 13.6. The molecule has 0 aromatic heterocycles. The van der Waals surface area contributed by atoms with Gasteiger partial charge in [-0.2, -0.15) is 0 Å². The van der Waals surface area contributed by atoms with Crippen molar-refractivity contribution in [2.45, 2.75) is 25.4 Å². The van der Waals surface area contributed by atoms with Gasteiger partial charge in [0.1, 0.15) is 29.9 Å². The first-order valence-electron chi connectivity index (χ1n) is 10.5. The minimum absolute atomic E-state index is 0.0303. The molecule has 1 N–H and O–H groups in total. The summed E-state index contributed by atoms with van der Waals surface area (Å²) in [4.78, 5) is 12.1. The van der Waals surface area contributed by atoms with Crippen LogP contribution in [-0.2, 0) is 9.53 Å². The van der Waals surface area contributed by atoms with E-state index in [1.807, 2.05) is 25.1 Å². The second-order valence-electron chi connectivity index (χ2n) is 7.97. The Morgan fingerprint density at radius 2 is 1.59 bits per heavy atom. The number of carbonyl (C=O) groups is 1. The summed E-state index contributed by atoms with van der Waals surface area (Å²) in [5, 5.41) is 10.2. The number of hydrogen-bond donors (Lipinski definition) is 1. The van der Waals surface area contributed by atoms with Crippen molar-refractivity contribution in [2.24, 2.45) is 5.92 Å². The molecule has 3 aromatic rings. The first kappa shape index (κ1) is 22.0. The largest absolute Gasteiger partial charge is 0.492 e. The average molecular weight is 438 g/mol. The normalized spacial score (nSPS) is 18.5. The van der Waals surface area contributed by atoms with Crippen molar-refractivity contribution in [3.63, 3.8) is 0 Å². The van der Waals surface area contributed by atoms with Gasteiger partial charge in [0.2, 0.25) is 0 Å². The average Bonchev–Trinajstić information content (AvgIpc) is 2.77. The first-order chi connectivity index (χ1) is 15.4. The molecule has 0 aliphatic carbocycles. The van der Waals surface area contributed by atoms with E-state index in [1.165, 1.54) is 24.3 Å². The molecule has 1 aliphatic heterocycles. The lowest BCUT2D eigenvalue weighted by atomic mass is 9.84. The Morgan fingerprint density at radius 3 is 2.16 bits per heavy atom. The summed E-state index contributed by atoms with van der Waals surface area (Å²) >= 11 is 0. The van der Waals surface area contributed by atoms with E-state index in [9.17, 15) is 18.7 Å². The van der Waals surface area contributed by atoms with Crippen molar-refractivity contribution < 1.29 is 28.2 Å². The zero-order chi connectivity index (χ0) is 22.7. The number of esters is 1. The molecule has 4 rings (SSSR count). The number of halogens is 2. The third-order valence-corrected chi connectivity index (χ3v) is 5.79. The summed E-state index contributed by atoms with van der Waals surface area (Å²) in [6, 6.07) is 18.0. The number of ether oxygens (including phenoxy) is 2. The lowest BCUT2D eigenvalue weighted by molar-refractivity contribution is -0.162. The van der Waals surface area contributed by atoms with E-state index >= 15 is 0 Å². The van der Waals surface area contributed by atoms with Crippen molar-refractivity contribution >= 4 is 5.97 Å². The highest BCUT2D eigenvalue weighted by Gasteiger charge is 2.33. The van der Waals surface area contributed by atoms with Crippen LogP contribution in [0.3, 0.4) is 0 Å². The molecule has 1 aliphatic rings. The van der Waals surface area contributed by atoms with Gasteiger partial charge in [0, 0.05) is 17.9 Å². The molecule has 2 atom stereocenters. The molecule has 6 heteroatoms. The Bertz CT molecular complexity index is 1030. The highest BCUT2D eigenvalue weighted by molar-refractivity contribution is 5.74. The number of aliphatic hydroxyl groups is 1. The van der Waals surface area contributed by atoms with Crippen molar-refractivity contribution in [1.82, 2.24) is 0 Å². The van der Waals surface area contributed by atoms with Crippen LogP contribution in [0, 0.1) is 24.5 Å². The fraction of sp³-hybridized carbons (Fsp3) is 0.269. The van der Waals surface area contributed by atoms with Gasteiger partial charge in [-0.3, -0.25) is 4.79 Å². The minimum Gasteiger partial charge on any atom is -0.492 e. The van der Waals surface area contributed by atoms with Crippen LogP contribution in [0.5, 0.6) is 5.75 Å². The van der Waals surface area contributed by atoms with Crippen LogP contribution in [0.25, 0.3) is 0 Å². The molecular formula is C26H24F2O4. The van der Waals surface area contributed by atoms with Gasteiger partial charge in [-0.1, -0.05) is 42.5 Å². The number of rotatable bonds is 6. The molecule has 32 heavy (non-hydrogen) atoms. The highest BCUT2D eigenvalue weighted by atomic mass is 19.1. The molecule has 0 spiro atoms. The molecule has 1 fully saturated rings. The number of carbonyl (C=O) groups excluding carboxylic acids is 1. The highest BCUT2D eigenvalue weighted by Crippen LogP contribution is 2.39. The van der Waals surface area contributed by atoms with Crippen LogP contribution in [0.15, 0.2) is 66.7 Å². The number of hydrogen-bond acceptors (Lipinski definition) is 4. The maximum absolute atomic E-state index is 13.6. The van der Waals surface area contributed by atoms with E-state index < -0.39 is 18.0 Å². The van der Waals surface area contributed by atoms with Crippen molar-refractivity contribution in [3.05, 3.63) is 101 Å². The van der Waals surface area contributed by atoms with Gasteiger partial charge < -0.3 is 14.6 Å². The fourth-order valence-corrected chi connectivity index (χ4v) is 4.06. The predicted octanol–water partition coefficient (Wildman–Crippen LogP) is 4.76. The molecule has 0 unspecified atom stereocenters. The summed E-state index contributed by atoms with van der Waals surface area (Å²) in [5.41, 5.74) is 3.26. The second-order valence-corrected chi connectivity index (χ2v) is 7.97. The third-order valence-electron chi connectivity index (χ3n) is 5.79. The minimum atomic E-state index is -0.825. The molecule has 1 saturated heterocycles. The summed E-state index contributed by atoms with van der Waals surface area (Å²) < 4.78 is 38.4. The van der Waals surface area contributed by atoms with Crippen LogP contribution >= 0.6 is 0 Å². The van der Waals surface area contributed by atoms with Gasteiger partial charge in [0.15, 0.2) is 0 Å². The lowest BCUT2D eigenvalue weighted by Crippen LogP contribution is -2.40. The zero-order valence-corrected chi connectivity index (χ0v) is 17.6. The van der Waals surface area contributed by atoms with Crippen molar-refractivity contribution in [3.8, 4) is 5.75 Å². The van der Waals surface area contributed by atoms with Gasteiger partial charge in [-0.15, -0.1) is 0 Å². The zero-order valence-electron chi connectivity index (χ0n) is 17.6. The van der Waals surface area contributed by atoms with E-state index in [1.54, 1.807) is 24.3 Å². The van der Waals surface area contributed by atoms with E-state index in [2.05, 4.69) is 0 Å². The van der Waals surface area contributed by atoms with Gasteiger partial charge >= 0.3 is 5.97 Å². The quantitative estimate of drug-likeness (QED) is 0.446. The number of aliphatic hydroxyl groups excluding tert-OH is 1. The van der Waals surface area contributed by atoms with Crippen LogP contribution in [0.2, 0.25) is 0 Å².